The highest BCUT2D eigenvalue weighted by Crippen LogP contribution is 2.23. The molecule has 0 N–H and O–H groups in total. The summed E-state index contributed by atoms with van der Waals surface area (Å²) in [6.07, 6.45) is 6.30. The Hall–Kier alpha value is -2.79. The zero-order chi connectivity index (χ0) is 20.1. The van der Waals surface area contributed by atoms with Crippen molar-refractivity contribution in [2.45, 2.75) is 38.8 Å². The number of nitrogens with zero attached hydrogens (tertiary/aromatic N) is 4. The van der Waals surface area contributed by atoms with Crippen LogP contribution in [0, 0.1) is 0 Å². The van der Waals surface area contributed by atoms with Crippen molar-refractivity contribution in [2.24, 2.45) is 0 Å². The third-order valence-corrected chi connectivity index (χ3v) is 5.70. The molecule has 0 bridgehead atoms. The van der Waals surface area contributed by atoms with Crippen LogP contribution in [0.1, 0.15) is 42.1 Å². The third kappa shape index (κ3) is 4.46. The molecule has 0 saturated carbocycles. The van der Waals surface area contributed by atoms with Gasteiger partial charge in [0, 0.05) is 44.6 Å². The first-order chi connectivity index (χ1) is 14.3. The second-order valence-corrected chi connectivity index (χ2v) is 7.72. The number of hydrogen-bond donors (Lipinski definition) is 0. The predicted octanol–water partition coefficient (Wildman–Crippen LogP) is 4.15. The number of piperidine rings is 1. The van der Waals surface area contributed by atoms with Gasteiger partial charge in [0.05, 0.1) is 11.1 Å². The lowest BCUT2D eigenvalue weighted by Crippen LogP contribution is -2.47. The Labute approximate surface area is 172 Å². The zero-order valence-electron chi connectivity index (χ0n) is 17.0. The van der Waals surface area contributed by atoms with E-state index in [1.807, 2.05) is 18.2 Å². The fourth-order valence-electron chi connectivity index (χ4n) is 4.24. The molecule has 3 aromatic rings. The molecule has 1 saturated heterocycles. The summed E-state index contributed by atoms with van der Waals surface area (Å²) in [6, 6.07) is 16.6. The van der Waals surface area contributed by atoms with Crippen molar-refractivity contribution in [2.75, 3.05) is 19.6 Å². The van der Waals surface area contributed by atoms with E-state index in [-0.39, 0.29) is 11.9 Å². The normalized spacial score (nSPS) is 15.5. The maximum absolute atomic E-state index is 13.5. The van der Waals surface area contributed by atoms with E-state index in [2.05, 4.69) is 57.0 Å². The number of rotatable bonds is 6. The van der Waals surface area contributed by atoms with Crippen molar-refractivity contribution in [1.82, 2.24) is 19.8 Å². The smallest absolute Gasteiger partial charge is 0.256 e. The zero-order valence-corrected chi connectivity index (χ0v) is 17.0. The highest BCUT2D eigenvalue weighted by atomic mass is 16.2. The molecule has 4 rings (SSSR count). The predicted molar refractivity (Wildman–Crippen MR) is 116 cm³/mol. The molecule has 0 atom stereocenters. The average Bonchev–Trinajstić information content (AvgIpc) is 2.78. The van der Waals surface area contributed by atoms with Crippen LogP contribution in [0.5, 0.6) is 0 Å². The Bertz CT molecular complexity index is 946. The first-order valence-electron chi connectivity index (χ1n) is 10.5. The third-order valence-electron chi connectivity index (χ3n) is 5.70. The van der Waals surface area contributed by atoms with Crippen LogP contribution >= 0.6 is 0 Å². The maximum atomic E-state index is 13.5. The quantitative estimate of drug-likeness (QED) is 0.637. The molecule has 0 radical (unpaired) electrons. The second-order valence-electron chi connectivity index (χ2n) is 7.72. The molecule has 29 heavy (non-hydrogen) atoms. The Kier molecular flexibility index (Phi) is 6.15. The van der Waals surface area contributed by atoms with E-state index in [4.69, 9.17) is 0 Å². The van der Waals surface area contributed by atoms with Crippen LogP contribution in [0.25, 0.3) is 11.0 Å². The molecule has 2 heterocycles. The van der Waals surface area contributed by atoms with Gasteiger partial charge in [-0.1, -0.05) is 43.3 Å². The van der Waals surface area contributed by atoms with Crippen molar-refractivity contribution < 1.29 is 4.79 Å². The first kappa shape index (κ1) is 19.5. The molecule has 0 aliphatic carbocycles. The van der Waals surface area contributed by atoms with Crippen molar-refractivity contribution in [1.29, 1.82) is 0 Å². The van der Waals surface area contributed by atoms with Gasteiger partial charge >= 0.3 is 0 Å². The van der Waals surface area contributed by atoms with Crippen LogP contribution in [0.15, 0.2) is 60.9 Å². The molecule has 1 aliphatic rings. The van der Waals surface area contributed by atoms with E-state index in [0.29, 0.717) is 11.1 Å². The van der Waals surface area contributed by atoms with Crippen LogP contribution in [0.3, 0.4) is 0 Å². The van der Waals surface area contributed by atoms with Gasteiger partial charge < -0.3 is 4.90 Å². The van der Waals surface area contributed by atoms with Crippen LogP contribution < -0.4 is 0 Å². The Morgan fingerprint density at radius 3 is 2.55 bits per heavy atom. The van der Waals surface area contributed by atoms with Crippen LogP contribution in [-0.4, -0.2) is 51.4 Å². The summed E-state index contributed by atoms with van der Waals surface area (Å²) in [5.74, 6) is 0.0828. The molecule has 1 aliphatic heterocycles. The molecular weight excluding hydrogens is 360 g/mol. The van der Waals surface area contributed by atoms with Crippen molar-refractivity contribution in [3.63, 3.8) is 0 Å². The minimum Gasteiger partial charge on any atom is -0.336 e. The maximum Gasteiger partial charge on any atom is 0.256 e. The molecule has 150 valence electrons. The summed E-state index contributed by atoms with van der Waals surface area (Å²) in [4.78, 5) is 26.8. The average molecular weight is 389 g/mol. The summed E-state index contributed by atoms with van der Waals surface area (Å²) < 4.78 is 0. The van der Waals surface area contributed by atoms with Gasteiger partial charge in [-0.15, -0.1) is 0 Å². The molecule has 5 nitrogen and oxygen atoms in total. The van der Waals surface area contributed by atoms with Crippen LogP contribution in [-0.2, 0) is 6.54 Å². The largest absolute Gasteiger partial charge is 0.336 e. The fourth-order valence-corrected chi connectivity index (χ4v) is 4.24. The van der Waals surface area contributed by atoms with Crippen molar-refractivity contribution in [3.8, 4) is 0 Å². The molecular formula is C24H28N4O. The van der Waals surface area contributed by atoms with E-state index in [9.17, 15) is 4.79 Å². The summed E-state index contributed by atoms with van der Waals surface area (Å²) in [6.45, 7) is 5.92. The van der Waals surface area contributed by atoms with Gasteiger partial charge in [0.15, 0.2) is 0 Å². The van der Waals surface area contributed by atoms with E-state index in [1.165, 1.54) is 5.56 Å². The number of hydrogen-bond acceptors (Lipinski definition) is 4. The van der Waals surface area contributed by atoms with Gasteiger partial charge in [-0.2, -0.15) is 0 Å². The standard InChI is InChI=1S/C24H28N4O/c1-2-15-28(24(29)21-9-6-10-22-23(21)26-14-13-25-22)20-11-16-27(17-12-20)18-19-7-4-3-5-8-19/h3-10,13-14,20H,2,11-12,15-18H2,1H3. The lowest BCUT2D eigenvalue weighted by molar-refractivity contribution is 0.0567. The fraction of sp³-hybridized carbons (Fsp3) is 0.375. The first-order valence-corrected chi connectivity index (χ1v) is 10.5. The second kappa shape index (κ2) is 9.14. The number of amides is 1. The minimum atomic E-state index is 0.0828. The van der Waals surface area contributed by atoms with E-state index >= 15 is 0 Å². The summed E-state index contributed by atoms with van der Waals surface area (Å²) in [7, 11) is 0. The number of carbonyl (C=O) groups excluding carboxylic acids is 1. The van der Waals surface area contributed by atoms with Gasteiger partial charge in [0.25, 0.3) is 5.91 Å². The SMILES string of the molecule is CCCN(C(=O)c1cccc2nccnc12)C1CCN(Cc2ccccc2)CC1. The Balaban J connectivity index is 1.47. The number of fused-ring (bicyclic) bond motifs is 1. The van der Waals surface area contributed by atoms with Crippen molar-refractivity contribution in [3.05, 3.63) is 72.1 Å². The lowest BCUT2D eigenvalue weighted by atomic mass is 10.0. The highest BCUT2D eigenvalue weighted by Gasteiger charge is 2.29. The van der Waals surface area contributed by atoms with Gasteiger partial charge in [-0.3, -0.25) is 19.7 Å². The highest BCUT2D eigenvalue weighted by molar-refractivity contribution is 6.04. The molecule has 2 aromatic carbocycles. The number of likely N-dealkylation sites (tertiary alicyclic amines) is 1. The number of para-hydroxylation sites is 1. The van der Waals surface area contributed by atoms with Gasteiger partial charge in [0.1, 0.15) is 5.52 Å². The number of carbonyl (C=O) groups is 1. The van der Waals surface area contributed by atoms with Gasteiger partial charge in [-0.25, -0.2) is 0 Å². The Morgan fingerprint density at radius 2 is 1.79 bits per heavy atom. The summed E-state index contributed by atoms with van der Waals surface area (Å²) in [5.41, 5.74) is 3.48. The monoisotopic (exact) mass is 388 g/mol. The van der Waals surface area contributed by atoms with Crippen molar-refractivity contribution >= 4 is 16.9 Å². The molecule has 0 unspecified atom stereocenters. The molecule has 1 fully saturated rings. The molecule has 1 aromatic heterocycles. The van der Waals surface area contributed by atoms with E-state index < -0.39 is 0 Å². The molecule has 0 spiro atoms. The lowest BCUT2D eigenvalue weighted by Gasteiger charge is -2.38. The number of aromatic nitrogens is 2. The minimum absolute atomic E-state index is 0.0828. The van der Waals surface area contributed by atoms with Crippen LogP contribution in [0.2, 0.25) is 0 Å². The summed E-state index contributed by atoms with van der Waals surface area (Å²) in [5, 5.41) is 0. The summed E-state index contributed by atoms with van der Waals surface area (Å²) >= 11 is 0. The van der Waals surface area contributed by atoms with E-state index in [1.54, 1.807) is 12.4 Å². The van der Waals surface area contributed by atoms with Gasteiger partial charge in [0.2, 0.25) is 0 Å². The molecule has 1 amide bonds. The van der Waals surface area contributed by atoms with Gasteiger partial charge in [-0.05, 0) is 37.0 Å². The van der Waals surface area contributed by atoms with E-state index in [0.717, 1.165) is 51.0 Å². The molecule has 5 heteroatoms. The number of benzene rings is 2. The van der Waals surface area contributed by atoms with Crippen LogP contribution in [0.4, 0.5) is 0 Å². The topological polar surface area (TPSA) is 49.3 Å². The Morgan fingerprint density at radius 1 is 1.03 bits per heavy atom.